The highest BCUT2D eigenvalue weighted by molar-refractivity contribution is 5.99. The van der Waals surface area contributed by atoms with E-state index < -0.39 is 12.1 Å². The summed E-state index contributed by atoms with van der Waals surface area (Å²) >= 11 is 0. The molecule has 2 aromatic carbocycles. The Kier molecular flexibility index (Phi) is 5.18. The highest BCUT2D eigenvalue weighted by atomic mass is 16.6. The van der Waals surface area contributed by atoms with E-state index in [1.165, 1.54) is 0 Å². The van der Waals surface area contributed by atoms with Gasteiger partial charge in [-0.1, -0.05) is 30.3 Å². The summed E-state index contributed by atoms with van der Waals surface area (Å²) in [7, 11) is 0. The molecule has 2 aromatic rings. The maximum atomic E-state index is 12.6. The van der Waals surface area contributed by atoms with Crippen molar-refractivity contribution in [3.05, 3.63) is 59.7 Å². The molecule has 0 bridgehead atoms. The predicted octanol–water partition coefficient (Wildman–Crippen LogP) is 2.46. The van der Waals surface area contributed by atoms with E-state index in [-0.39, 0.29) is 12.5 Å². The zero-order valence-corrected chi connectivity index (χ0v) is 14.3. The first-order chi connectivity index (χ1) is 12.6. The van der Waals surface area contributed by atoms with Crippen molar-refractivity contribution < 1.29 is 19.1 Å². The van der Waals surface area contributed by atoms with Crippen LogP contribution in [0.2, 0.25) is 0 Å². The van der Waals surface area contributed by atoms with Crippen molar-refractivity contribution in [1.29, 1.82) is 5.26 Å². The van der Waals surface area contributed by atoms with Crippen molar-refractivity contribution >= 4 is 17.6 Å². The van der Waals surface area contributed by atoms with E-state index in [9.17, 15) is 9.59 Å². The third kappa shape index (κ3) is 3.67. The summed E-state index contributed by atoms with van der Waals surface area (Å²) in [4.78, 5) is 26.2. The number of anilines is 1. The maximum absolute atomic E-state index is 12.6. The quantitative estimate of drug-likeness (QED) is 0.774. The first-order valence-corrected chi connectivity index (χ1v) is 8.31. The molecular weight excluding hydrogens is 332 g/mol. The number of hydrogen-bond acceptors (Lipinski definition) is 5. The number of fused-ring (bicyclic) bond motifs is 1. The Morgan fingerprint density at radius 1 is 1.19 bits per heavy atom. The summed E-state index contributed by atoms with van der Waals surface area (Å²) in [6.45, 7) is 1.75. The fourth-order valence-electron chi connectivity index (χ4n) is 2.89. The van der Waals surface area contributed by atoms with Crippen LogP contribution in [-0.4, -0.2) is 31.1 Å². The van der Waals surface area contributed by atoms with Gasteiger partial charge < -0.3 is 14.4 Å². The number of ether oxygens (including phenoxy) is 2. The number of carbonyl (C=O) groups excluding carboxylic acids is 2. The lowest BCUT2D eigenvalue weighted by Gasteiger charge is -2.21. The molecule has 0 saturated carbocycles. The van der Waals surface area contributed by atoms with Crippen LogP contribution < -0.4 is 9.64 Å². The van der Waals surface area contributed by atoms with E-state index in [1.54, 1.807) is 36.1 Å². The van der Waals surface area contributed by atoms with Crippen LogP contribution >= 0.6 is 0 Å². The van der Waals surface area contributed by atoms with Gasteiger partial charge in [0, 0.05) is 12.2 Å². The van der Waals surface area contributed by atoms with Gasteiger partial charge in [0.25, 0.3) is 5.91 Å². The van der Waals surface area contributed by atoms with Crippen LogP contribution in [0.3, 0.4) is 0 Å². The minimum absolute atomic E-state index is 0.263. The number of nitriles is 1. The second-order valence-electron chi connectivity index (χ2n) is 5.90. The summed E-state index contributed by atoms with van der Waals surface area (Å²) in [6, 6.07) is 16.3. The molecule has 6 heteroatoms. The topological polar surface area (TPSA) is 79.6 Å². The minimum Gasteiger partial charge on any atom is -0.481 e. The lowest BCUT2D eigenvalue weighted by molar-refractivity contribution is -0.155. The zero-order chi connectivity index (χ0) is 18.5. The van der Waals surface area contributed by atoms with Crippen LogP contribution in [0.5, 0.6) is 5.75 Å². The summed E-state index contributed by atoms with van der Waals surface area (Å²) in [5.74, 6) is -0.619. The van der Waals surface area contributed by atoms with Crippen LogP contribution in [-0.2, 0) is 20.7 Å². The van der Waals surface area contributed by atoms with E-state index in [0.29, 0.717) is 17.9 Å². The SMILES string of the molecule is C[C@@H](OC(=O)COc1ccccc1C#N)C(=O)N1CCc2ccccc21. The van der Waals surface area contributed by atoms with Gasteiger partial charge in [-0.05, 0) is 37.1 Å². The molecule has 132 valence electrons. The molecule has 1 aliphatic rings. The van der Waals surface area contributed by atoms with Crippen LogP contribution in [0, 0.1) is 11.3 Å². The zero-order valence-electron chi connectivity index (χ0n) is 14.3. The van der Waals surface area contributed by atoms with Crippen LogP contribution in [0.1, 0.15) is 18.1 Å². The molecule has 0 unspecified atom stereocenters. The van der Waals surface area contributed by atoms with Crippen molar-refractivity contribution in [2.45, 2.75) is 19.4 Å². The molecule has 6 nitrogen and oxygen atoms in total. The second kappa shape index (κ2) is 7.70. The molecule has 0 aromatic heterocycles. The van der Waals surface area contributed by atoms with Gasteiger partial charge in [-0.25, -0.2) is 4.79 Å². The van der Waals surface area contributed by atoms with Crippen molar-refractivity contribution in [3.8, 4) is 11.8 Å². The summed E-state index contributed by atoms with van der Waals surface area (Å²) < 4.78 is 10.5. The Labute approximate surface area is 151 Å². The molecule has 0 spiro atoms. The smallest absolute Gasteiger partial charge is 0.344 e. The first kappa shape index (κ1) is 17.5. The van der Waals surface area contributed by atoms with Gasteiger partial charge in [-0.15, -0.1) is 0 Å². The summed E-state index contributed by atoms with van der Waals surface area (Å²) in [5.41, 5.74) is 2.30. The van der Waals surface area contributed by atoms with E-state index >= 15 is 0 Å². The Balaban J connectivity index is 1.56. The molecule has 1 amide bonds. The molecule has 0 fully saturated rings. The largest absolute Gasteiger partial charge is 0.481 e. The molecule has 0 N–H and O–H groups in total. The summed E-state index contributed by atoms with van der Waals surface area (Å²) in [5, 5.41) is 9.01. The monoisotopic (exact) mass is 350 g/mol. The van der Waals surface area contributed by atoms with Crippen LogP contribution in [0.15, 0.2) is 48.5 Å². The van der Waals surface area contributed by atoms with Gasteiger partial charge in [0.15, 0.2) is 12.7 Å². The number of esters is 1. The highest BCUT2D eigenvalue weighted by Gasteiger charge is 2.29. The Bertz CT molecular complexity index is 872. The van der Waals surface area contributed by atoms with Crippen molar-refractivity contribution in [3.63, 3.8) is 0 Å². The minimum atomic E-state index is -0.913. The Morgan fingerprint density at radius 3 is 2.73 bits per heavy atom. The second-order valence-corrected chi connectivity index (χ2v) is 5.90. The fraction of sp³-hybridized carbons (Fsp3) is 0.250. The number of carbonyl (C=O) groups is 2. The predicted molar refractivity (Wildman–Crippen MR) is 94.7 cm³/mol. The van der Waals surface area contributed by atoms with Crippen LogP contribution in [0.25, 0.3) is 0 Å². The third-order valence-electron chi connectivity index (χ3n) is 4.16. The van der Waals surface area contributed by atoms with Crippen molar-refractivity contribution in [2.75, 3.05) is 18.1 Å². The molecule has 1 atom stereocenters. The molecule has 1 heterocycles. The standard InChI is InChI=1S/C20H18N2O4/c1-14(20(24)22-11-10-15-6-2-4-8-17(15)22)26-19(23)13-25-18-9-5-3-7-16(18)12-21/h2-9,14H,10-11,13H2,1H3/t14-/m1/s1. The molecule has 0 saturated heterocycles. The molecule has 1 aliphatic heterocycles. The Hall–Kier alpha value is -3.33. The number of nitrogens with zero attached hydrogens (tertiary/aromatic N) is 2. The van der Waals surface area contributed by atoms with Crippen LogP contribution in [0.4, 0.5) is 5.69 Å². The van der Waals surface area contributed by atoms with Gasteiger partial charge in [0.05, 0.1) is 5.56 Å². The van der Waals surface area contributed by atoms with E-state index in [2.05, 4.69) is 0 Å². The average Bonchev–Trinajstić information content (AvgIpc) is 3.10. The van der Waals surface area contributed by atoms with Crippen molar-refractivity contribution in [1.82, 2.24) is 0 Å². The normalized spacial score (nSPS) is 13.5. The van der Waals surface area contributed by atoms with Crippen molar-refractivity contribution in [2.24, 2.45) is 0 Å². The van der Waals surface area contributed by atoms with Gasteiger partial charge in [-0.2, -0.15) is 5.26 Å². The van der Waals surface area contributed by atoms with E-state index in [0.717, 1.165) is 17.7 Å². The average molecular weight is 350 g/mol. The molecule has 3 rings (SSSR count). The first-order valence-electron chi connectivity index (χ1n) is 8.31. The van der Waals surface area contributed by atoms with Gasteiger partial charge >= 0.3 is 5.97 Å². The maximum Gasteiger partial charge on any atom is 0.344 e. The highest BCUT2D eigenvalue weighted by Crippen LogP contribution is 2.28. The number of para-hydroxylation sites is 2. The van der Waals surface area contributed by atoms with E-state index in [4.69, 9.17) is 14.7 Å². The molecule has 26 heavy (non-hydrogen) atoms. The van der Waals surface area contributed by atoms with Gasteiger partial charge in [0.2, 0.25) is 0 Å². The number of amides is 1. The number of hydrogen-bond donors (Lipinski definition) is 0. The third-order valence-corrected chi connectivity index (χ3v) is 4.16. The lowest BCUT2D eigenvalue weighted by Crippen LogP contribution is -2.39. The van der Waals surface area contributed by atoms with Gasteiger partial charge in [-0.3, -0.25) is 4.79 Å². The number of benzene rings is 2. The lowest BCUT2D eigenvalue weighted by atomic mass is 10.2. The molecule has 0 aliphatic carbocycles. The van der Waals surface area contributed by atoms with E-state index in [1.807, 2.05) is 30.3 Å². The van der Waals surface area contributed by atoms with Gasteiger partial charge in [0.1, 0.15) is 11.8 Å². The molecular formula is C20H18N2O4. The molecule has 0 radical (unpaired) electrons. The Morgan fingerprint density at radius 2 is 1.92 bits per heavy atom. The number of rotatable bonds is 5. The summed E-state index contributed by atoms with van der Waals surface area (Å²) in [6.07, 6.45) is -0.125. The fourth-order valence-corrected chi connectivity index (χ4v) is 2.89.